The van der Waals surface area contributed by atoms with Crippen LogP contribution in [-0.4, -0.2) is 13.8 Å². The van der Waals surface area contributed by atoms with Gasteiger partial charge >= 0.3 is 0 Å². The Morgan fingerprint density at radius 2 is 2.31 bits per heavy atom. The third kappa shape index (κ3) is 2.42. The van der Waals surface area contributed by atoms with Crippen LogP contribution in [0.3, 0.4) is 0 Å². The first kappa shape index (κ1) is 10.5. The molecule has 0 unspecified atom stereocenters. The molecular formula is C9H11BrFNO. The van der Waals surface area contributed by atoms with Gasteiger partial charge in [0.25, 0.3) is 0 Å². The normalized spacial score (nSPS) is 12.6. The Hall–Kier alpha value is -0.610. The van der Waals surface area contributed by atoms with Crippen LogP contribution in [0.25, 0.3) is 0 Å². The van der Waals surface area contributed by atoms with Crippen molar-refractivity contribution >= 4 is 15.9 Å². The third-order valence-electron chi connectivity index (χ3n) is 1.77. The van der Waals surface area contributed by atoms with Crippen molar-refractivity contribution < 1.29 is 9.13 Å². The zero-order chi connectivity index (χ0) is 9.84. The summed E-state index contributed by atoms with van der Waals surface area (Å²) in [6.45, 7) is -0.557. The van der Waals surface area contributed by atoms with Crippen LogP contribution < -0.4 is 10.5 Å². The second kappa shape index (κ2) is 4.58. The number of methoxy groups -OCH3 is 1. The Morgan fingerprint density at radius 3 is 2.77 bits per heavy atom. The molecule has 1 rings (SSSR count). The Morgan fingerprint density at radius 1 is 1.62 bits per heavy atom. The molecule has 1 aromatic carbocycles. The molecule has 0 saturated heterocycles. The van der Waals surface area contributed by atoms with Crippen molar-refractivity contribution in [3.05, 3.63) is 28.2 Å². The molecular weight excluding hydrogens is 237 g/mol. The van der Waals surface area contributed by atoms with Gasteiger partial charge in [-0.25, -0.2) is 4.39 Å². The SMILES string of the molecule is COc1ccc([C@H](N)CF)cc1Br. The average molecular weight is 248 g/mol. The van der Waals surface area contributed by atoms with Gasteiger partial charge in [-0.15, -0.1) is 0 Å². The van der Waals surface area contributed by atoms with Crippen molar-refractivity contribution in [3.8, 4) is 5.75 Å². The molecule has 13 heavy (non-hydrogen) atoms. The predicted molar refractivity (Wildman–Crippen MR) is 53.6 cm³/mol. The first-order chi connectivity index (χ1) is 6.19. The van der Waals surface area contributed by atoms with Crippen LogP contribution in [0.2, 0.25) is 0 Å². The lowest BCUT2D eigenvalue weighted by molar-refractivity contribution is 0.410. The van der Waals surface area contributed by atoms with Crippen molar-refractivity contribution in [2.24, 2.45) is 5.73 Å². The van der Waals surface area contributed by atoms with Crippen LogP contribution in [0.15, 0.2) is 22.7 Å². The fourth-order valence-corrected chi connectivity index (χ4v) is 1.56. The second-order valence-electron chi connectivity index (χ2n) is 2.65. The lowest BCUT2D eigenvalue weighted by atomic mass is 10.1. The molecule has 1 atom stereocenters. The van der Waals surface area contributed by atoms with Crippen LogP contribution in [0.5, 0.6) is 5.75 Å². The van der Waals surface area contributed by atoms with Gasteiger partial charge in [-0.1, -0.05) is 6.07 Å². The highest BCUT2D eigenvalue weighted by Crippen LogP contribution is 2.27. The highest BCUT2D eigenvalue weighted by atomic mass is 79.9. The number of hydrogen-bond acceptors (Lipinski definition) is 2. The van der Waals surface area contributed by atoms with Crippen LogP contribution in [0.4, 0.5) is 4.39 Å². The van der Waals surface area contributed by atoms with E-state index < -0.39 is 12.7 Å². The van der Waals surface area contributed by atoms with E-state index in [9.17, 15) is 4.39 Å². The highest BCUT2D eigenvalue weighted by Gasteiger charge is 2.07. The van der Waals surface area contributed by atoms with Crippen LogP contribution in [-0.2, 0) is 0 Å². The van der Waals surface area contributed by atoms with Crippen LogP contribution in [0, 0.1) is 0 Å². The van der Waals surface area contributed by atoms with Crippen LogP contribution >= 0.6 is 15.9 Å². The Bertz CT molecular complexity index is 293. The monoisotopic (exact) mass is 247 g/mol. The Balaban J connectivity index is 2.95. The Labute approximate surface area is 85.0 Å². The maximum absolute atomic E-state index is 12.2. The molecule has 0 heterocycles. The zero-order valence-electron chi connectivity index (χ0n) is 7.26. The summed E-state index contributed by atoms with van der Waals surface area (Å²) in [5, 5.41) is 0. The van der Waals surface area contributed by atoms with Crippen molar-refractivity contribution in [3.63, 3.8) is 0 Å². The van der Waals surface area contributed by atoms with Gasteiger partial charge in [0.2, 0.25) is 0 Å². The summed E-state index contributed by atoms with van der Waals surface area (Å²) in [6.07, 6.45) is 0. The molecule has 0 aliphatic rings. The topological polar surface area (TPSA) is 35.2 Å². The molecule has 0 spiro atoms. The van der Waals surface area contributed by atoms with E-state index in [0.717, 1.165) is 15.8 Å². The number of benzene rings is 1. The van der Waals surface area contributed by atoms with E-state index in [2.05, 4.69) is 15.9 Å². The lowest BCUT2D eigenvalue weighted by Crippen LogP contribution is -2.11. The Kier molecular flexibility index (Phi) is 3.69. The molecule has 0 bridgehead atoms. The first-order valence-electron chi connectivity index (χ1n) is 3.84. The van der Waals surface area contributed by atoms with Crippen LogP contribution in [0.1, 0.15) is 11.6 Å². The second-order valence-corrected chi connectivity index (χ2v) is 3.51. The molecule has 2 nitrogen and oxygen atoms in total. The van der Waals surface area contributed by atoms with Crippen molar-refractivity contribution in [1.29, 1.82) is 0 Å². The van der Waals surface area contributed by atoms with E-state index in [1.807, 2.05) is 0 Å². The standard InChI is InChI=1S/C9H11BrFNO/c1-13-9-3-2-6(4-7(9)10)8(12)5-11/h2-4,8H,5,12H2,1H3/t8-/m1/s1. The quantitative estimate of drug-likeness (QED) is 0.891. The molecule has 0 saturated carbocycles. The summed E-state index contributed by atoms with van der Waals surface area (Å²) in [4.78, 5) is 0. The van der Waals surface area contributed by atoms with Gasteiger partial charge in [-0.05, 0) is 33.6 Å². The first-order valence-corrected chi connectivity index (χ1v) is 4.63. The lowest BCUT2D eigenvalue weighted by Gasteiger charge is -2.09. The summed E-state index contributed by atoms with van der Waals surface area (Å²) in [5.74, 6) is 0.717. The molecule has 1 aromatic rings. The molecule has 2 N–H and O–H groups in total. The predicted octanol–water partition coefficient (Wildman–Crippen LogP) is 2.43. The number of alkyl halides is 1. The van der Waals surface area contributed by atoms with Gasteiger partial charge in [0, 0.05) is 0 Å². The number of nitrogens with two attached hydrogens (primary N) is 1. The number of hydrogen-bond donors (Lipinski definition) is 1. The molecule has 72 valence electrons. The fraction of sp³-hybridized carbons (Fsp3) is 0.333. The molecule has 0 amide bonds. The summed E-state index contributed by atoms with van der Waals surface area (Å²) in [6, 6.07) is 4.73. The number of rotatable bonds is 3. The molecule has 0 radical (unpaired) electrons. The smallest absolute Gasteiger partial charge is 0.133 e. The van der Waals surface area contributed by atoms with Gasteiger partial charge in [-0.2, -0.15) is 0 Å². The number of halogens is 2. The minimum Gasteiger partial charge on any atom is -0.496 e. The molecule has 0 aliphatic heterocycles. The summed E-state index contributed by atoms with van der Waals surface area (Å²) >= 11 is 3.30. The maximum atomic E-state index is 12.2. The molecule has 0 aliphatic carbocycles. The minimum atomic E-state index is -0.557. The van der Waals surface area contributed by atoms with E-state index in [4.69, 9.17) is 10.5 Å². The van der Waals surface area contributed by atoms with E-state index in [1.54, 1.807) is 25.3 Å². The van der Waals surface area contributed by atoms with E-state index in [0.29, 0.717) is 0 Å². The molecule has 0 fully saturated rings. The van der Waals surface area contributed by atoms with Gasteiger partial charge in [-0.3, -0.25) is 0 Å². The van der Waals surface area contributed by atoms with Crippen molar-refractivity contribution in [2.75, 3.05) is 13.8 Å². The average Bonchev–Trinajstić information content (AvgIpc) is 2.16. The number of ether oxygens (including phenoxy) is 1. The molecule has 4 heteroatoms. The fourth-order valence-electron chi connectivity index (χ4n) is 1.00. The van der Waals surface area contributed by atoms with E-state index in [-0.39, 0.29) is 0 Å². The van der Waals surface area contributed by atoms with Gasteiger partial charge < -0.3 is 10.5 Å². The summed E-state index contributed by atoms with van der Waals surface area (Å²) in [7, 11) is 1.58. The van der Waals surface area contributed by atoms with Crippen molar-refractivity contribution in [2.45, 2.75) is 6.04 Å². The zero-order valence-corrected chi connectivity index (χ0v) is 8.84. The van der Waals surface area contributed by atoms with E-state index >= 15 is 0 Å². The minimum absolute atomic E-state index is 0.554. The maximum Gasteiger partial charge on any atom is 0.133 e. The summed E-state index contributed by atoms with van der Waals surface area (Å²) < 4.78 is 18.0. The van der Waals surface area contributed by atoms with E-state index in [1.165, 1.54) is 0 Å². The van der Waals surface area contributed by atoms with Gasteiger partial charge in [0.15, 0.2) is 0 Å². The highest BCUT2D eigenvalue weighted by molar-refractivity contribution is 9.10. The van der Waals surface area contributed by atoms with Gasteiger partial charge in [0.05, 0.1) is 17.6 Å². The largest absolute Gasteiger partial charge is 0.496 e. The van der Waals surface area contributed by atoms with Gasteiger partial charge in [0.1, 0.15) is 12.4 Å². The van der Waals surface area contributed by atoms with Crippen molar-refractivity contribution in [1.82, 2.24) is 0 Å². The molecule has 0 aromatic heterocycles. The third-order valence-corrected chi connectivity index (χ3v) is 2.39. The summed E-state index contributed by atoms with van der Waals surface area (Å²) in [5.41, 5.74) is 6.28.